The number of oxazole rings is 1. The number of carbonyl (C=O) groups excluding carboxylic acids is 1. The van der Waals surface area contributed by atoms with Crippen LogP contribution in [0.3, 0.4) is 0 Å². The van der Waals surface area contributed by atoms with E-state index in [9.17, 15) is 4.79 Å². The van der Waals surface area contributed by atoms with Crippen molar-refractivity contribution in [2.45, 2.75) is 13.8 Å². The Morgan fingerprint density at radius 2 is 2.18 bits per heavy atom. The van der Waals surface area contributed by atoms with Crippen molar-refractivity contribution in [3.8, 4) is 0 Å². The molecule has 2 aromatic rings. The van der Waals surface area contributed by atoms with E-state index in [0.29, 0.717) is 17.1 Å². The van der Waals surface area contributed by atoms with Gasteiger partial charge in [-0.3, -0.25) is 4.79 Å². The average Bonchev–Trinajstić information content (AvgIpc) is 2.70. The lowest BCUT2D eigenvalue weighted by atomic mass is 10.2. The van der Waals surface area contributed by atoms with Crippen LogP contribution in [0.4, 0.5) is 11.4 Å². The molecule has 17 heavy (non-hydrogen) atoms. The van der Waals surface area contributed by atoms with Crippen molar-refractivity contribution in [2.75, 3.05) is 11.1 Å². The van der Waals surface area contributed by atoms with E-state index in [0.717, 1.165) is 5.56 Å². The molecule has 0 saturated heterocycles. The summed E-state index contributed by atoms with van der Waals surface area (Å²) in [4.78, 5) is 15.6. The summed E-state index contributed by atoms with van der Waals surface area (Å²) < 4.78 is 5.12. The zero-order valence-corrected chi connectivity index (χ0v) is 9.65. The summed E-state index contributed by atoms with van der Waals surface area (Å²) in [5.41, 5.74) is 7.84. The maximum atomic E-state index is 11.8. The molecule has 0 atom stereocenters. The lowest BCUT2D eigenvalue weighted by molar-refractivity contribution is 0.0989. The summed E-state index contributed by atoms with van der Waals surface area (Å²) >= 11 is 0. The highest BCUT2D eigenvalue weighted by molar-refractivity contribution is 6.02. The van der Waals surface area contributed by atoms with Crippen LogP contribution in [-0.2, 0) is 0 Å². The molecule has 0 unspecified atom stereocenters. The molecular weight excluding hydrogens is 218 g/mol. The Balaban J connectivity index is 2.21. The summed E-state index contributed by atoms with van der Waals surface area (Å²) in [6.07, 6.45) is 1.49. The minimum absolute atomic E-state index is 0.0309. The Bertz CT molecular complexity index is 561. The number of hydrogen-bond donors (Lipinski definition) is 2. The minimum Gasteiger partial charge on any atom is -0.438 e. The molecule has 0 fully saturated rings. The van der Waals surface area contributed by atoms with Gasteiger partial charge in [0.1, 0.15) is 5.76 Å². The molecule has 0 saturated carbocycles. The van der Waals surface area contributed by atoms with Gasteiger partial charge in [-0.05, 0) is 31.5 Å². The van der Waals surface area contributed by atoms with Crippen LogP contribution in [0.15, 0.2) is 28.8 Å². The molecule has 1 heterocycles. The van der Waals surface area contributed by atoms with Crippen molar-refractivity contribution in [1.82, 2.24) is 4.98 Å². The molecule has 0 aliphatic carbocycles. The van der Waals surface area contributed by atoms with Gasteiger partial charge < -0.3 is 15.5 Å². The summed E-state index contributed by atoms with van der Waals surface area (Å²) in [7, 11) is 0. The normalized spacial score (nSPS) is 10.2. The first kappa shape index (κ1) is 11.2. The van der Waals surface area contributed by atoms with E-state index in [1.807, 2.05) is 13.0 Å². The molecule has 5 heteroatoms. The summed E-state index contributed by atoms with van der Waals surface area (Å²) in [5, 5.41) is 2.66. The largest absolute Gasteiger partial charge is 0.438 e. The second-order valence-electron chi connectivity index (χ2n) is 3.82. The van der Waals surface area contributed by atoms with Gasteiger partial charge in [0.05, 0.1) is 17.6 Å². The van der Waals surface area contributed by atoms with Crippen LogP contribution in [0.1, 0.15) is 22.0 Å². The SMILES string of the molecule is Cc1ccc(N)c(NC(=O)c2ncc(C)o2)c1. The van der Waals surface area contributed by atoms with Gasteiger partial charge in [-0.2, -0.15) is 0 Å². The topological polar surface area (TPSA) is 81.1 Å². The van der Waals surface area contributed by atoms with Crippen molar-refractivity contribution in [3.05, 3.63) is 41.6 Å². The van der Waals surface area contributed by atoms with Gasteiger partial charge in [-0.15, -0.1) is 0 Å². The standard InChI is InChI=1S/C12H13N3O2/c1-7-3-4-9(13)10(5-7)15-11(16)12-14-6-8(2)17-12/h3-6H,13H2,1-2H3,(H,15,16). The molecular formula is C12H13N3O2. The van der Waals surface area contributed by atoms with Crippen molar-refractivity contribution in [2.24, 2.45) is 0 Å². The van der Waals surface area contributed by atoms with Crippen LogP contribution in [-0.4, -0.2) is 10.9 Å². The smallest absolute Gasteiger partial charge is 0.311 e. The molecule has 0 aliphatic heterocycles. The minimum atomic E-state index is -0.407. The van der Waals surface area contributed by atoms with Gasteiger partial charge in [0.25, 0.3) is 5.89 Å². The first-order chi connectivity index (χ1) is 8.06. The first-order valence-electron chi connectivity index (χ1n) is 5.16. The number of aryl methyl sites for hydroxylation is 2. The number of aromatic nitrogens is 1. The lowest BCUT2D eigenvalue weighted by Gasteiger charge is -2.07. The molecule has 1 amide bonds. The zero-order chi connectivity index (χ0) is 12.4. The Morgan fingerprint density at radius 3 is 2.82 bits per heavy atom. The fraction of sp³-hybridized carbons (Fsp3) is 0.167. The van der Waals surface area contributed by atoms with E-state index in [2.05, 4.69) is 10.3 Å². The van der Waals surface area contributed by atoms with E-state index in [1.54, 1.807) is 19.1 Å². The zero-order valence-electron chi connectivity index (χ0n) is 9.65. The van der Waals surface area contributed by atoms with Crippen LogP contribution < -0.4 is 11.1 Å². The van der Waals surface area contributed by atoms with Crippen molar-refractivity contribution in [1.29, 1.82) is 0 Å². The highest BCUT2D eigenvalue weighted by Gasteiger charge is 2.13. The molecule has 88 valence electrons. The number of amides is 1. The highest BCUT2D eigenvalue weighted by atomic mass is 16.4. The Kier molecular flexibility index (Phi) is 2.82. The molecule has 0 aliphatic rings. The number of nitrogens with two attached hydrogens (primary N) is 1. The second-order valence-corrected chi connectivity index (χ2v) is 3.82. The molecule has 0 radical (unpaired) electrons. The summed E-state index contributed by atoms with van der Waals surface area (Å²) in [5.74, 6) is 0.214. The number of benzene rings is 1. The van der Waals surface area contributed by atoms with E-state index >= 15 is 0 Å². The Labute approximate surface area is 98.6 Å². The van der Waals surface area contributed by atoms with Gasteiger partial charge >= 0.3 is 5.91 Å². The third-order valence-electron chi connectivity index (χ3n) is 2.27. The molecule has 1 aromatic heterocycles. The Morgan fingerprint density at radius 1 is 1.41 bits per heavy atom. The number of hydrogen-bond acceptors (Lipinski definition) is 4. The van der Waals surface area contributed by atoms with Crippen LogP contribution in [0, 0.1) is 13.8 Å². The molecule has 0 spiro atoms. The van der Waals surface area contributed by atoms with Gasteiger partial charge in [-0.25, -0.2) is 4.98 Å². The number of nitrogens with one attached hydrogen (secondary N) is 1. The van der Waals surface area contributed by atoms with Crippen LogP contribution in [0.5, 0.6) is 0 Å². The van der Waals surface area contributed by atoms with Crippen LogP contribution >= 0.6 is 0 Å². The van der Waals surface area contributed by atoms with E-state index in [4.69, 9.17) is 10.2 Å². The van der Waals surface area contributed by atoms with E-state index in [1.165, 1.54) is 6.20 Å². The van der Waals surface area contributed by atoms with Gasteiger partial charge in [0.2, 0.25) is 0 Å². The maximum absolute atomic E-state index is 11.8. The molecule has 0 bridgehead atoms. The molecule has 3 N–H and O–H groups in total. The molecule has 2 rings (SSSR count). The average molecular weight is 231 g/mol. The quantitative estimate of drug-likeness (QED) is 0.776. The Hall–Kier alpha value is -2.30. The lowest BCUT2D eigenvalue weighted by Crippen LogP contribution is -2.13. The molecule has 1 aromatic carbocycles. The predicted molar refractivity (Wildman–Crippen MR) is 64.8 cm³/mol. The number of nitrogen functional groups attached to an aromatic ring is 1. The number of carbonyl (C=O) groups is 1. The fourth-order valence-electron chi connectivity index (χ4n) is 1.41. The van der Waals surface area contributed by atoms with Crippen molar-refractivity contribution >= 4 is 17.3 Å². The second kappa shape index (κ2) is 4.29. The van der Waals surface area contributed by atoms with Gasteiger partial charge in [0.15, 0.2) is 0 Å². The van der Waals surface area contributed by atoms with Gasteiger partial charge in [-0.1, -0.05) is 6.07 Å². The predicted octanol–water partition coefficient (Wildman–Crippen LogP) is 2.13. The number of rotatable bonds is 2. The first-order valence-corrected chi connectivity index (χ1v) is 5.16. The van der Waals surface area contributed by atoms with Crippen LogP contribution in [0.2, 0.25) is 0 Å². The van der Waals surface area contributed by atoms with E-state index < -0.39 is 5.91 Å². The molecule has 5 nitrogen and oxygen atoms in total. The fourth-order valence-corrected chi connectivity index (χ4v) is 1.41. The van der Waals surface area contributed by atoms with Gasteiger partial charge in [0, 0.05) is 0 Å². The number of nitrogens with zero attached hydrogens (tertiary/aromatic N) is 1. The van der Waals surface area contributed by atoms with Crippen LogP contribution in [0.25, 0.3) is 0 Å². The highest BCUT2D eigenvalue weighted by Crippen LogP contribution is 2.20. The third kappa shape index (κ3) is 2.44. The summed E-state index contributed by atoms with van der Waals surface area (Å²) in [6.45, 7) is 3.65. The summed E-state index contributed by atoms with van der Waals surface area (Å²) in [6, 6.07) is 5.41. The number of anilines is 2. The van der Waals surface area contributed by atoms with E-state index in [-0.39, 0.29) is 5.89 Å². The van der Waals surface area contributed by atoms with Crippen molar-refractivity contribution in [3.63, 3.8) is 0 Å². The third-order valence-corrected chi connectivity index (χ3v) is 2.27. The maximum Gasteiger partial charge on any atom is 0.311 e. The monoisotopic (exact) mass is 231 g/mol. The van der Waals surface area contributed by atoms with Crippen molar-refractivity contribution < 1.29 is 9.21 Å².